The normalized spacial score (nSPS) is 11.0. The third-order valence-corrected chi connectivity index (χ3v) is 3.69. The fourth-order valence-corrected chi connectivity index (χ4v) is 2.33. The van der Waals surface area contributed by atoms with Gasteiger partial charge in [-0.2, -0.15) is 0 Å². The van der Waals surface area contributed by atoms with Gasteiger partial charge in [0.05, 0.1) is 13.2 Å². The number of nitrogens with zero attached hydrogens (tertiary/aromatic N) is 1. The summed E-state index contributed by atoms with van der Waals surface area (Å²) in [7, 11) is 3.49. The van der Waals surface area contributed by atoms with E-state index in [0.29, 0.717) is 13.2 Å². The van der Waals surface area contributed by atoms with E-state index in [4.69, 9.17) is 9.47 Å². The number of guanidine groups is 1. The van der Waals surface area contributed by atoms with Gasteiger partial charge in [0.1, 0.15) is 0 Å². The fourth-order valence-electron chi connectivity index (χ4n) is 2.33. The summed E-state index contributed by atoms with van der Waals surface area (Å²) in [5.74, 6) is 0.870. The third kappa shape index (κ3) is 14.0. The van der Waals surface area contributed by atoms with Gasteiger partial charge < -0.3 is 20.1 Å². The molecule has 25 heavy (non-hydrogen) atoms. The van der Waals surface area contributed by atoms with Crippen LogP contribution < -0.4 is 10.6 Å². The number of aliphatic imine (C=N–C) groups is 1. The maximum absolute atomic E-state index is 5.43. The van der Waals surface area contributed by atoms with Gasteiger partial charge >= 0.3 is 0 Å². The SMILES string of the molecule is CN=C(NCCCCCc1ccccc1)NCCCOCCOC.I. The zero-order valence-corrected chi connectivity index (χ0v) is 18.0. The van der Waals surface area contributed by atoms with E-state index in [0.717, 1.165) is 44.9 Å². The zero-order valence-electron chi connectivity index (χ0n) is 15.6. The van der Waals surface area contributed by atoms with Crippen LogP contribution in [0.1, 0.15) is 31.2 Å². The van der Waals surface area contributed by atoms with E-state index in [1.807, 2.05) is 0 Å². The van der Waals surface area contributed by atoms with E-state index in [-0.39, 0.29) is 24.0 Å². The monoisotopic (exact) mass is 463 g/mol. The maximum Gasteiger partial charge on any atom is 0.190 e. The Bertz CT molecular complexity index is 430. The highest BCUT2D eigenvalue weighted by atomic mass is 127. The van der Waals surface area contributed by atoms with Crippen molar-refractivity contribution >= 4 is 29.9 Å². The number of halogens is 1. The van der Waals surface area contributed by atoms with Crippen molar-refractivity contribution in [3.05, 3.63) is 35.9 Å². The second-order valence-corrected chi connectivity index (χ2v) is 5.68. The van der Waals surface area contributed by atoms with Gasteiger partial charge in [0, 0.05) is 33.9 Å². The van der Waals surface area contributed by atoms with Crippen molar-refractivity contribution in [1.82, 2.24) is 10.6 Å². The van der Waals surface area contributed by atoms with E-state index in [2.05, 4.69) is 46.0 Å². The average molecular weight is 463 g/mol. The van der Waals surface area contributed by atoms with Gasteiger partial charge in [0.2, 0.25) is 0 Å². The third-order valence-electron chi connectivity index (χ3n) is 3.69. The quantitative estimate of drug-likeness (QED) is 0.204. The Morgan fingerprint density at radius 3 is 2.32 bits per heavy atom. The molecule has 1 aromatic rings. The standard InChI is InChI=1S/C19H33N3O2.HI/c1-20-19(22-14-9-15-24-17-16-23-2)21-13-8-4-7-12-18-10-5-3-6-11-18;/h3,5-6,10-11H,4,7-9,12-17H2,1-2H3,(H2,20,21,22);1H. The van der Waals surface area contributed by atoms with E-state index < -0.39 is 0 Å². The summed E-state index contributed by atoms with van der Waals surface area (Å²) in [4.78, 5) is 4.23. The average Bonchev–Trinajstić information content (AvgIpc) is 2.63. The minimum absolute atomic E-state index is 0. The maximum atomic E-state index is 5.43. The summed E-state index contributed by atoms with van der Waals surface area (Å²) < 4.78 is 10.4. The summed E-state index contributed by atoms with van der Waals surface area (Å²) in [6.07, 6.45) is 5.74. The van der Waals surface area contributed by atoms with Crippen LogP contribution in [0.15, 0.2) is 35.3 Å². The van der Waals surface area contributed by atoms with Crippen LogP contribution in [0.2, 0.25) is 0 Å². The van der Waals surface area contributed by atoms with Crippen molar-refractivity contribution in [3.8, 4) is 0 Å². The highest BCUT2D eigenvalue weighted by Gasteiger charge is 1.97. The first-order chi connectivity index (χ1) is 11.9. The van der Waals surface area contributed by atoms with Crippen molar-refractivity contribution in [2.24, 2.45) is 4.99 Å². The molecule has 5 nitrogen and oxygen atoms in total. The Kier molecular flexibility index (Phi) is 17.3. The molecule has 0 fully saturated rings. The first kappa shape index (κ1) is 24.1. The molecule has 0 radical (unpaired) electrons. The molecule has 0 atom stereocenters. The minimum Gasteiger partial charge on any atom is -0.382 e. The molecule has 0 saturated heterocycles. The number of hydrogen-bond donors (Lipinski definition) is 2. The summed E-state index contributed by atoms with van der Waals surface area (Å²) in [6, 6.07) is 10.7. The number of benzene rings is 1. The predicted octanol–water partition coefficient (Wildman–Crippen LogP) is 3.24. The molecule has 0 unspecified atom stereocenters. The number of aryl methyl sites for hydroxylation is 1. The minimum atomic E-state index is 0. The van der Waals surface area contributed by atoms with Crippen LogP contribution in [0.5, 0.6) is 0 Å². The zero-order chi connectivity index (χ0) is 17.3. The first-order valence-corrected chi connectivity index (χ1v) is 8.92. The molecule has 0 aromatic heterocycles. The number of methoxy groups -OCH3 is 1. The van der Waals surface area contributed by atoms with E-state index >= 15 is 0 Å². The van der Waals surface area contributed by atoms with Crippen LogP contribution in [-0.2, 0) is 15.9 Å². The van der Waals surface area contributed by atoms with Crippen LogP contribution in [-0.4, -0.2) is 53.0 Å². The lowest BCUT2D eigenvalue weighted by molar-refractivity contribution is 0.0698. The van der Waals surface area contributed by atoms with Crippen LogP contribution in [0.3, 0.4) is 0 Å². The van der Waals surface area contributed by atoms with E-state index in [1.54, 1.807) is 14.2 Å². The summed E-state index contributed by atoms with van der Waals surface area (Å²) >= 11 is 0. The molecule has 144 valence electrons. The molecule has 0 heterocycles. The number of rotatable bonds is 13. The van der Waals surface area contributed by atoms with Gasteiger partial charge in [0.25, 0.3) is 0 Å². The van der Waals surface area contributed by atoms with Gasteiger partial charge in [0.15, 0.2) is 5.96 Å². The molecule has 0 saturated carbocycles. The van der Waals surface area contributed by atoms with E-state index in [9.17, 15) is 0 Å². The van der Waals surface area contributed by atoms with Crippen molar-refractivity contribution < 1.29 is 9.47 Å². The van der Waals surface area contributed by atoms with Crippen LogP contribution in [0.4, 0.5) is 0 Å². The molecule has 1 rings (SSSR count). The number of hydrogen-bond acceptors (Lipinski definition) is 3. The molecule has 6 heteroatoms. The summed E-state index contributed by atoms with van der Waals surface area (Å²) in [5, 5.41) is 6.66. The molecule has 0 aliphatic heterocycles. The Morgan fingerprint density at radius 1 is 0.920 bits per heavy atom. The lowest BCUT2D eigenvalue weighted by atomic mass is 10.1. The molecule has 0 amide bonds. The smallest absolute Gasteiger partial charge is 0.190 e. The lowest BCUT2D eigenvalue weighted by Gasteiger charge is -2.12. The Labute approximate surface area is 170 Å². The molecule has 0 spiro atoms. The number of nitrogens with one attached hydrogen (secondary N) is 2. The molecular weight excluding hydrogens is 429 g/mol. The molecule has 0 bridgehead atoms. The molecular formula is C19H34IN3O2. The van der Waals surface area contributed by atoms with Crippen molar-refractivity contribution in [3.63, 3.8) is 0 Å². The van der Waals surface area contributed by atoms with Gasteiger partial charge in [-0.25, -0.2) is 0 Å². The van der Waals surface area contributed by atoms with Crippen molar-refractivity contribution in [2.45, 2.75) is 32.1 Å². The van der Waals surface area contributed by atoms with Gasteiger partial charge in [-0.3, -0.25) is 4.99 Å². The number of ether oxygens (including phenoxy) is 2. The summed E-state index contributed by atoms with van der Waals surface area (Å²) in [6.45, 7) is 3.87. The molecule has 0 aliphatic carbocycles. The largest absolute Gasteiger partial charge is 0.382 e. The Balaban J connectivity index is 0.00000576. The van der Waals surface area contributed by atoms with Crippen LogP contribution >= 0.6 is 24.0 Å². The summed E-state index contributed by atoms with van der Waals surface area (Å²) in [5.41, 5.74) is 1.43. The first-order valence-electron chi connectivity index (χ1n) is 8.92. The van der Waals surface area contributed by atoms with Crippen molar-refractivity contribution in [2.75, 3.05) is 47.1 Å². The molecule has 0 aliphatic rings. The van der Waals surface area contributed by atoms with Crippen molar-refractivity contribution in [1.29, 1.82) is 0 Å². The highest BCUT2D eigenvalue weighted by molar-refractivity contribution is 14.0. The van der Waals surface area contributed by atoms with Gasteiger partial charge in [-0.1, -0.05) is 36.8 Å². The van der Waals surface area contributed by atoms with Crippen LogP contribution in [0, 0.1) is 0 Å². The lowest BCUT2D eigenvalue weighted by Crippen LogP contribution is -2.38. The molecule has 2 N–H and O–H groups in total. The Morgan fingerprint density at radius 2 is 1.64 bits per heavy atom. The van der Waals surface area contributed by atoms with Gasteiger partial charge in [-0.05, 0) is 31.2 Å². The Hall–Kier alpha value is -0.860. The fraction of sp³-hybridized carbons (Fsp3) is 0.632. The topological polar surface area (TPSA) is 54.9 Å². The number of unbranched alkanes of at least 4 members (excludes halogenated alkanes) is 2. The van der Waals surface area contributed by atoms with Gasteiger partial charge in [-0.15, -0.1) is 24.0 Å². The van der Waals surface area contributed by atoms with Crippen LogP contribution in [0.25, 0.3) is 0 Å². The highest BCUT2D eigenvalue weighted by Crippen LogP contribution is 2.05. The predicted molar refractivity (Wildman–Crippen MR) is 116 cm³/mol. The second kappa shape index (κ2) is 17.9. The molecule has 1 aromatic carbocycles. The second-order valence-electron chi connectivity index (χ2n) is 5.68. The van der Waals surface area contributed by atoms with E-state index in [1.165, 1.54) is 18.4 Å².